The van der Waals surface area contributed by atoms with E-state index < -0.39 is 6.10 Å². The molecule has 0 fully saturated rings. The molecule has 0 aliphatic heterocycles. The monoisotopic (exact) mass is 1150 g/mol. The molecule has 0 amide bonds. The zero-order valence-corrected chi connectivity index (χ0v) is 55.5. The lowest BCUT2D eigenvalue weighted by atomic mass is 10.0. The molecule has 0 spiro atoms. The van der Waals surface area contributed by atoms with Crippen LogP contribution in [0.4, 0.5) is 0 Å². The standard InChI is InChI=1S/C76H142O6/c1-4-7-10-13-16-19-22-25-28-31-33-34-35-36-37-38-39-40-41-43-45-48-51-54-57-60-63-66-69-75(78)81-72-73(71-80-74(77)68-65-62-59-56-53-50-47-44-30-27-24-21-18-15-12-9-6-3)82-76(79)70-67-64-61-58-55-52-49-46-42-32-29-26-23-20-17-14-11-8-5-2/h17,20,26-27,29-30,73H,4-16,18-19,21-25,28,31-72H2,1-3H3/b20-17-,29-26-,30-27-. The summed E-state index contributed by atoms with van der Waals surface area (Å²) in [4.78, 5) is 38.5. The SMILES string of the molecule is CCCCC/C=C\C/C=C\CCCCCCCCCCCC(=O)OC(COC(=O)CCCCCCCCC/C=C\CCCCCCCC)COC(=O)CCCCCCCCCCCCCCCCCCCCCCCCCCCCCC. The van der Waals surface area contributed by atoms with Gasteiger partial charge >= 0.3 is 17.9 Å². The number of allylic oxidation sites excluding steroid dienone is 6. The minimum Gasteiger partial charge on any atom is -0.462 e. The van der Waals surface area contributed by atoms with E-state index in [9.17, 15) is 14.4 Å². The Balaban J connectivity index is 4.24. The number of hydrogen-bond acceptors (Lipinski definition) is 6. The second-order valence-electron chi connectivity index (χ2n) is 25.2. The Morgan fingerprint density at radius 1 is 0.244 bits per heavy atom. The van der Waals surface area contributed by atoms with Crippen LogP contribution in [0.25, 0.3) is 0 Å². The van der Waals surface area contributed by atoms with Crippen LogP contribution in [0.2, 0.25) is 0 Å². The van der Waals surface area contributed by atoms with Crippen molar-refractivity contribution < 1.29 is 28.6 Å². The molecule has 82 heavy (non-hydrogen) atoms. The molecule has 0 rings (SSSR count). The Morgan fingerprint density at radius 3 is 0.707 bits per heavy atom. The van der Waals surface area contributed by atoms with E-state index in [0.717, 1.165) is 64.2 Å². The highest BCUT2D eigenvalue weighted by Gasteiger charge is 2.19. The third-order valence-corrected chi connectivity index (χ3v) is 16.9. The zero-order valence-electron chi connectivity index (χ0n) is 55.5. The van der Waals surface area contributed by atoms with Crippen molar-refractivity contribution in [2.75, 3.05) is 13.2 Å². The smallest absolute Gasteiger partial charge is 0.306 e. The van der Waals surface area contributed by atoms with Crippen molar-refractivity contribution in [3.05, 3.63) is 36.5 Å². The van der Waals surface area contributed by atoms with E-state index in [1.165, 1.54) is 308 Å². The number of hydrogen-bond donors (Lipinski definition) is 0. The Bertz CT molecular complexity index is 1370. The molecule has 6 nitrogen and oxygen atoms in total. The summed E-state index contributed by atoms with van der Waals surface area (Å²) in [5.74, 6) is -0.848. The van der Waals surface area contributed by atoms with Crippen LogP contribution >= 0.6 is 0 Å². The molecule has 0 aromatic carbocycles. The fraction of sp³-hybridized carbons (Fsp3) is 0.882. The molecule has 0 aliphatic carbocycles. The summed E-state index contributed by atoms with van der Waals surface area (Å²) < 4.78 is 17.0. The molecule has 0 aromatic heterocycles. The maximum atomic E-state index is 13.0. The fourth-order valence-corrected chi connectivity index (χ4v) is 11.3. The number of esters is 3. The first-order valence-electron chi connectivity index (χ1n) is 37.0. The fourth-order valence-electron chi connectivity index (χ4n) is 11.3. The number of rotatable bonds is 69. The molecule has 0 aliphatic rings. The Kier molecular flexibility index (Phi) is 69.1. The first kappa shape index (κ1) is 79.6. The molecule has 482 valence electrons. The van der Waals surface area contributed by atoms with Gasteiger partial charge in [-0.15, -0.1) is 0 Å². The number of carbonyl (C=O) groups excluding carboxylic acids is 3. The largest absolute Gasteiger partial charge is 0.462 e. The Labute approximate surface area is 512 Å². The lowest BCUT2D eigenvalue weighted by Crippen LogP contribution is -2.30. The van der Waals surface area contributed by atoms with Crippen molar-refractivity contribution in [2.45, 2.75) is 419 Å². The molecular weight excluding hydrogens is 1010 g/mol. The second-order valence-corrected chi connectivity index (χ2v) is 25.2. The number of carbonyl (C=O) groups is 3. The van der Waals surface area contributed by atoms with Crippen LogP contribution < -0.4 is 0 Å². The van der Waals surface area contributed by atoms with Gasteiger partial charge in [0, 0.05) is 19.3 Å². The van der Waals surface area contributed by atoms with Gasteiger partial charge in [0.1, 0.15) is 13.2 Å². The van der Waals surface area contributed by atoms with E-state index in [-0.39, 0.29) is 31.1 Å². The number of ether oxygens (including phenoxy) is 3. The summed E-state index contributed by atoms with van der Waals surface area (Å²) >= 11 is 0. The molecule has 1 atom stereocenters. The van der Waals surface area contributed by atoms with Crippen molar-refractivity contribution >= 4 is 17.9 Å². The Hall–Kier alpha value is -2.37. The molecule has 1 unspecified atom stereocenters. The summed E-state index contributed by atoms with van der Waals surface area (Å²) in [7, 11) is 0. The summed E-state index contributed by atoms with van der Waals surface area (Å²) in [6.07, 6.45) is 89.0. The molecule has 0 saturated carbocycles. The van der Waals surface area contributed by atoms with Crippen molar-refractivity contribution in [1.82, 2.24) is 0 Å². The van der Waals surface area contributed by atoms with Gasteiger partial charge in [-0.1, -0.05) is 353 Å². The van der Waals surface area contributed by atoms with Crippen LogP contribution in [0.15, 0.2) is 36.5 Å². The highest BCUT2D eigenvalue weighted by Crippen LogP contribution is 2.19. The van der Waals surface area contributed by atoms with E-state index >= 15 is 0 Å². The van der Waals surface area contributed by atoms with Gasteiger partial charge in [0.2, 0.25) is 0 Å². The van der Waals surface area contributed by atoms with Gasteiger partial charge in [-0.05, 0) is 77.0 Å². The van der Waals surface area contributed by atoms with Crippen LogP contribution in [-0.4, -0.2) is 37.2 Å². The van der Waals surface area contributed by atoms with E-state index in [4.69, 9.17) is 14.2 Å². The van der Waals surface area contributed by atoms with Crippen LogP contribution in [0, 0.1) is 0 Å². The van der Waals surface area contributed by atoms with Crippen LogP contribution in [-0.2, 0) is 28.6 Å². The average molecular weight is 1150 g/mol. The number of unbranched alkanes of at least 4 members (excludes halogenated alkanes) is 52. The highest BCUT2D eigenvalue weighted by molar-refractivity contribution is 5.71. The predicted molar refractivity (Wildman–Crippen MR) is 358 cm³/mol. The third kappa shape index (κ3) is 68.4. The van der Waals surface area contributed by atoms with Crippen molar-refractivity contribution in [3.8, 4) is 0 Å². The van der Waals surface area contributed by atoms with E-state index in [2.05, 4.69) is 57.2 Å². The topological polar surface area (TPSA) is 78.9 Å². The van der Waals surface area contributed by atoms with Gasteiger partial charge in [0.15, 0.2) is 6.10 Å². The molecule has 0 aromatic rings. The first-order valence-corrected chi connectivity index (χ1v) is 37.0. The van der Waals surface area contributed by atoms with Crippen molar-refractivity contribution in [2.24, 2.45) is 0 Å². The third-order valence-electron chi connectivity index (χ3n) is 16.9. The van der Waals surface area contributed by atoms with Crippen LogP contribution in [0.1, 0.15) is 412 Å². The van der Waals surface area contributed by atoms with Gasteiger partial charge in [-0.3, -0.25) is 14.4 Å². The van der Waals surface area contributed by atoms with Crippen LogP contribution in [0.3, 0.4) is 0 Å². The first-order chi connectivity index (χ1) is 40.5. The zero-order chi connectivity index (χ0) is 59.2. The van der Waals surface area contributed by atoms with Gasteiger partial charge in [0.25, 0.3) is 0 Å². The minimum absolute atomic E-state index is 0.0703. The molecule has 0 bridgehead atoms. The normalized spacial score (nSPS) is 12.2. The summed E-state index contributed by atoms with van der Waals surface area (Å²) in [6.45, 7) is 6.69. The Morgan fingerprint density at radius 2 is 0.439 bits per heavy atom. The maximum absolute atomic E-state index is 13.0. The second kappa shape index (κ2) is 71.1. The molecular formula is C76H142O6. The van der Waals surface area contributed by atoms with Gasteiger partial charge < -0.3 is 14.2 Å². The summed E-state index contributed by atoms with van der Waals surface area (Å²) in [5, 5.41) is 0. The van der Waals surface area contributed by atoms with Crippen LogP contribution in [0.5, 0.6) is 0 Å². The molecule has 0 radical (unpaired) electrons. The molecule has 0 N–H and O–H groups in total. The lowest BCUT2D eigenvalue weighted by molar-refractivity contribution is -0.167. The van der Waals surface area contributed by atoms with Gasteiger partial charge in [0.05, 0.1) is 0 Å². The average Bonchev–Trinajstić information content (AvgIpc) is 3.47. The van der Waals surface area contributed by atoms with E-state index in [0.29, 0.717) is 19.3 Å². The van der Waals surface area contributed by atoms with Gasteiger partial charge in [-0.25, -0.2) is 0 Å². The summed E-state index contributed by atoms with van der Waals surface area (Å²) in [5.41, 5.74) is 0. The van der Waals surface area contributed by atoms with Crippen molar-refractivity contribution in [3.63, 3.8) is 0 Å². The minimum atomic E-state index is -0.776. The lowest BCUT2D eigenvalue weighted by Gasteiger charge is -2.18. The predicted octanol–water partition coefficient (Wildman–Crippen LogP) is 25.5. The van der Waals surface area contributed by atoms with E-state index in [1.807, 2.05) is 0 Å². The highest BCUT2D eigenvalue weighted by atomic mass is 16.6. The summed E-state index contributed by atoms with van der Waals surface area (Å²) in [6, 6.07) is 0. The molecule has 0 saturated heterocycles. The van der Waals surface area contributed by atoms with Gasteiger partial charge in [-0.2, -0.15) is 0 Å². The van der Waals surface area contributed by atoms with Crippen molar-refractivity contribution in [1.29, 1.82) is 0 Å². The molecule has 6 heteroatoms. The quantitative estimate of drug-likeness (QED) is 0.0261. The molecule has 0 heterocycles. The van der Waals surface area contributed by atoms with E-state index in [1.54, 1.807) is 0 Å². The maximum Gasteiger partial charge on any atom is 0.306 e.